The van der Waals surface area contributed by atoms with Gasteiger partial charge in [0, 0.05) is 19.7 Å². The van der Waals surface area contributed by atoms with Crippen molar-refractivity contribution in [2.24, 2.45) is 0 Å². The van der Waals surface area contributed by atoms with Crippen molar-refractivity contribution in [3.8, 4) is 5.88 Å². The Kier molecular flexibility index (Phi) is 4.17. The monoisotopic (exact) mass is 237 g/mol. The first-order valence-electron chi connectivity index (χ1n) is 5.86. The van der Waals surface area contributed by atoms with Gasteiger partial charge in [0.05, 0.1) is 11.8 Å². The molecule has 0 saturated heterocycles. The predicted octanol–water partition coefficient (Wildman–Crippen LogP) is 2.33. The molecule has 0 unspecified atom stereocenters. The number of nitrogens with zero attached hydrogens (tertiary/aromatic N) is 1. The van der Waals surface area contributed by atoms with Crippen molar-refractivity contribution in [3.05, 3.63) is 23.5 Å². The van der Waals surface area contributed by atoms with Crippen LogP contribution in [0.15, 0.2) is 18.3 Å². The lowest BCUT2D eigenvalue weighted by molar-refractivity contribution is 0.0198. The minimum atomic E-state index is 0.0794. The smallest absolute Gasteiger partial charge is 0.236 e. The van der Waals surface area contributed by atoms with Gasteiger partial charge in [-0.2, -0.15) is 0 Å². The van der Waals surface area contributed by atoms with Gasteiger partial charge in [-0.05, 0) is 31.4 Å². The summed E-state index contributed by atoms with van der Waals surface area (Å²) in [6.45, 7) is 0. The van der Waals surface area contributed by atoms with Gasteiger partial charge in [0.1, 0.15) is 6.10 Å². The molecule has 0 bridgehead atoms. The Morgan fingerprint density at radius 2 is 2.24 bits per heavy atom. The van der Waals surface area contributed by atoms with E-state index in [9.17, 15) is 5.21 Å². The van der Waals surface area contributed by atoms with E-state index in [0.29, 0.717) is 11.6 Å². The maximum absolute atomic E-state index is 10.7. The molecule has 1 fully saturated rings. The van der Waals surface area contributed by atoms with E-state index in [1.807, 2.05) is 5.48 Å². The van der Waals surface area contributed by atoms with Crippen molar-refractivity contribution >= 4 is 5.69 Å². The van der Waals surface area contributed by atoms with Crippen molar-refractivity contribution in [2.75, 3.05) is 12.6 Å². The maximum atomic E-state index is 10.7. The lowest BCUT2D eigenvalue weighted by atomic mass is 9.95. The first-order valence-corrected chi connectivity index (χ1v) is 5.86. The van der Waals surface area contributed by atoms with Crippen molar-refractivity contribution in [2.45, 2.75) is 37.9 Å². The molecule has 0 spiro atoms. The van der Waals surface area contributed by atoms with Crippen molar-refractivity contribution in [1.29, 1.82) is 0 Å². The van der Waals surface area contributed by atoms with Crippen LogP contribution in [0, 0.1) is 5.21 Å². The summed E-state index contributed by atoms with van der Waals surface area (Å²) < 4.78 is 11.1. The Hall–Kier alpha value is -1.33. The zero-order chi connectivity index (χ0) is 12.1. The number of anilines is 1. The quantitative estimate of drug-likeness (QED) is 0.814. The van der Waals surface area contributed by atoms with E-state index >= 15 is 0 Å². The van der Waals surface area contributed by atoms with E-state index in [0.717, 1.165) is 25.7 Å². The van der Waals surface area contributed by atoms with E-state index in [2.05, 4.69) is 4.98 Å². The molecule has 1 aliphatic carbocycles. The Morgan fingerprint density at radius 3 is 3.00 bits per heavy atom. The van der Waals surface area contributed by atoms with Gasteiger partial charge in [0.15, 0.2) is 0 Å². The molecular formula is C12H17N2O3-. The highest BCUT2D eigenvalue weighted by Gasteiger charge is 2.23. The third-order valence-corrected chi connectivity index (χ3v) is 3.07. The number of rotatable bonds is 4. The molecule has 1 aliphatic rings. The summed E-state index contributed by atoms with van der Waals surface area (Å²) in [4.78, 5) is 4.07. The van der Waals surface area contributed by atoms with Crippen LogP contribution in [-0.2, 0) is 4.74 Å². The first kappa shape index (κ1) is 12.1. The maximum Gasteiger partial charge on any atom is 0.236 e. The summed E-state index contributed by atoms with van der Waals surface area (Å²) in [7, 11) is 1.72. The van der Waals surface area contributed by atoms with E-state index in [-0.39, 0.29) is 12.2 Å². The van der Waals surface area contributed by atoms with Crippen LogP contribution in [0.25, 0.3) is 0 Å². The number of nitrogens with one attached hydrogen (secondary N) is 1. The molecule has 5 nitrogen and oxygen atoms in total. The van der Waals surface area contributed by atoms with Gasteiger partial charge in [-0.3, -0.25) is 0 Å². The molecule has 2 atom stereocenters. The summed E-state index contributed by atoms with van der Waals surface area (Å²) in [5.74, 6) is 0.379. The molecule has 1 aromatic heterocycles. The minimum Gasteiger partial charge on any atom is -0.761 e. The minimum absolute atomic E-state index is 0.0794. The third-order valence-electron chi connectivity index (χ3n) is 3.07. The molecule has 5 heteroatoms. The number of pyridine rings is 1. The summed E-state index contributed by atoms with van der Waals surface area (Å²) in [6, 6.07) is 3.36. The molecule has 94 valence electrons. The van der Waals surface area contributed by atoms with E-state index in [1.165, 1.54) is 0 Å². The number of methoxy groups -OCH3 is 1. The lowest BCUT2D eigenvalue weighted by Crippen LogP contribution is -2.29. The van der Waals surface area contributed by atoms with Gasteiger partial charge >= 0.3 is 0 Å². The molecule has 0 aromatic carbocycles. The summed E-state index contributed by atoms with van der Waals surface area (Å²) in [5, 5.41) is 10.7. The number of hydrogen-bond acceptors (Lipinski definition) is 5. The molecule has 2 rings (SSSR count). The fourth-order valence-corrected chi connectivity index (χ4v) is 2.14. The molecule has 0 aliphatic heterocycles. The Morgan fingerprint density at radius 1 is 1.41 bits per heavy atom. The van der Waals surface area contributed by atoms with E-state index in [4.69, 9.17) is 9.47 Å². The second kappa shape index (κ2) is 5.84. The van der Waals surface area contributed by atoms with Crippen LogP contribution >= 0.6 is 0 Å². The van der Waals surface area contributed by atoms with Gasteiger partial charge in [0.2, 0.25) is 5.88 Å². The highest BCUT2D eigenvalue weighted by molar-refractivity contribution is 5.52. The number of hydrogen-bond donors (Lipinski definition) is 1. The van der Waals surface area contributed by atoms with Crippen LogP contribution in [0.2, 0.25) is 0 Å². The third kappa shape index (κ3) is 3.08. The summed E-state index contributed by atoms with van der Waals surface area (Å²) in [5.41, 5.74) is 2.22. The predicted molar refractivity (Wildman–Crippen MR) is 64.9 cm³/mol. The van der Waals surface area contributed by atoms with Crippen LogP contribution in [0.1, 0.15) is 25.7 Å². The molecule has 0 amide bonds. The normalized spacial score (nSPS) is 24.4. The zero-order valence-electron chi connectivity index (χ0n) is 9.89. The Labute approximate surface area is 101 Å². The molecule has 1 N–H and O–H groups in total. The van der Waals surface area contributed by atoms with Crippen molar-refractivity contribution in [1.82, 2.24) is 4.98 Å². The topological polar surface area (TPSA) is 66.4 Å². The Balaban J connectivity index is 2.00. The van der Waals surface area contributed by atoms with Crippen LogP contribution < -0.4 is 10.2 Å². The van der Waals surface area contributed by atoms with E-state index < -0.39 is 0 Å². The molecule has 1 aromatic rings. The molecular weight excluding hydrogens is 220 g/mol. The first-order chi connectivity index (χ1) is 8.33. The average Bonchev–Trinajstić information content (AvgIpc) is 2.39. The second-order valence-electron chi connectivity index (χ2n) is 4.22. The van der Waals surface area contributed by atoms with Gasteiger partial charge in [-0.15, -0.1) is 0 Å². The molecule has 1 saturated carbocycles. The van der Waals surface area contributed by atoms with Gasteiger partial charge in [-0.25, -0.2) is 4.98 Å². The number of aromatic nitrogens is 1. The van der Waals surface area contributed by atoms with Gasteiger partial charge in [0.25, 0.3) is 0 Å². The Bertz CT molecular complexity index is 359. The molecule has 17 heavy (non-hydrogen) atoms. The SMILES string of the molecule is CO[C@H]1CCC[C@@H](Oc2ncccc2N[O-])C1. The lowest BCUT2D eigenvalue weighted by Gasteiger charge is -2.29. The van der Waals surface area contributed by atoms with Gasteiger partial charge in [-0.1, -0.05) is 0 Å². The second-order valence-corrected chi connectivity index (χ2v) is 4.22. The zero-order valence-corrected chi connectivity index (χ0v) is 9.89. The fourth-order valence-electron chi connectivity index (χ4n) is 2.14. The molecule has 1 heterocycles. The van der Waals surface area contributed by atoms with Crippen LogP contribution in [0.5, 0.6) is 5.88 Å². The van der Waals surface area contributed by atoms with Crippen molar-refractivity contribution in [3.63, 3.8) is 0 Å². The fraction of sp³-hybridized carbons (Fsp3) is 0.583. The standard InChI is InChI=1S/C12H17N2O3/c1-16-9-4-2-5-10(8-9)17-12-11(14-15)6-3-7-13-12/h3,6-7,9-10,14H,2,4-5,8H2,1H3/q-1/t9-,10+/m0/s1. The molecule has 0 radical (unpaired) electrons. The summed E-state index contributed by atoms with van der Waals surface area (Å²) in [6.07, 6.45) is 5.94. The van der Waals surface area contributed by atoms with E-state index in [1.54, 1.807) is 25.4 Å². The average molecular weight is 237 g/mol. The largest absolute Gasteiger partial charge is 0.761 e. The highest BCUT2D eigenvalue weighted by atomic mass is 16.5. The van der Waals surface area contributed by atoms with Crippen molar-refractivity contribution < 1.29 is 9.47 Å². The van der Waals surface area contributed by atoms with Crippen LogP contribution in [0.3, 0.4) is 0 Å². The number of ether oxygens (including phenoxy) is 2. The van der Waals surface area contributed by atoms with Gasteiger partial charge < -0.3 is 20.2 Å². The van der Waals surface area contributed by atoms with Crippen LogP contribution in [-0.4, -0.2) is 24.3 Å². The summed E-state index contributed by atoms with van der Waals surface area (Å²) >= 11 is 0. The highest BCUT2D eigenvalue weighted by Crippen LogP contribution is 2.27. The van der Waals surface area contributed by atoms with Crippen LogP contribution in [0.4, 0.5) is 5.69 Å².